The fourth-order valence-corrected chi connectivity index (χ4v) is 4.01. The third-order valence-electron chi connectivity index (χ3n) is 5.47. The highest BCUT2D eigenvalue weighted by molar-refractivity contribution is 6.00. The molecule has 2 heterocycles. The van der Waals surface area contributed by atoms with Crippen LogP contribution in [0.3, 0.4) is 0 Å². The molecule has 2 aliphatic heterocycles. The molecule has 1 atom stereocenters. The minimum Gasteiger partial charge on any atom is -0.482 e. The lowest BCUT2D eigenvalue weighted by Gasteiger charge is -2.35. The molecule has 0 aliphatic carbocycles. The first-order valence-corrected chi connectivity index (χ1v) is 9.43. The second-order valence-electron chi connectivity index (χ2n) is 7.25. The summed E-state index contributed by atoms with van der Waals surface area (Å²) in [5.41, 5.74) is -0.0513. The number of carbonyl (C=O) groups is 2. The number of nitrogens with one attached hydrogen (secondary N) is 1. The van der Waals surface area contributed by atoms with E-state index in [1.54, 1.807) is 60.7 Å². The number of rotatable bonds is 3. The number of carbonyl (C=O) groups excluding carboxylic acids is 2. The Morgan fingerprint density at radius 1 is 1.07 bits per heavy atom. The maximum Gasteiger partial charge on any atom is 0.262 e. The molecule has 1 unspecified atom stereocenters. The molecule has 2 aliphatic rings. The van der Waals surface area contributed by atoms with Crippen molar-refractivity contribution in [3.8, 4) is 5.75 Å². The van der Waals surface area contributed by atoms with Gasteiger partial charge in [-0.3, -0.25) is 14.5 Å². The number of hydrogen-bond donors (Lipinski definition) is 2. The third-order valence-corrected chi connectivity index (χ3v) is 5.47. The van der Waals surface area contributed by atoms with Crippen molar-refractivity contribution < 1.29 is 23.8 Å². The van der Waals surface area contributed by atoms with Crippen molar-refractivity contribution in [3.05, 3.63) is 94.8 Å². The van der Waals surface area contributed by atoms with Gasteiger partial charge >= 0.3 is 0 Å². The van der Waals surface area contributed by atoms with Gasteiger partial charge in [0.1, 0.15) is 11.6 Å². The van der Waals surface area contributed by atoms with Crippen molar-refractivity contribution in [2.24, 2.45) is 0 Å². The SMILES string of the molecule is O=C1COc2ccc(C3(O)c4ccccc4C(=O)N3Cc3ccccc3F)cc2N1. The van der Waals surface area contributed by atoms with Crippen molar-refractivity contribution in [3.63, 3.8) is 0 Å². The first kappa shape index (κ1) is 18.3. The van der Waals surface area contributed by atoms with Crippen LogP contribution in [0.2, 0.25) is 0 Å². The quantitative estimate of drug-likeness (QED) is 0.704. The third kappa shape index (κ3) is 2.67. The first-order valence-electron chi connectivity index (χ1n) is 9.43. The van der Waals surface area contributed by atoms with Crippen molar-refractivity contribution >= 4 is 17.5 Å². The Hall–Kier alpha value is -3.71. The van der Waals surface area contributed by atoms with Crippen LogP contribution in [0.5, 0.6) is 5.75 Å². The zero-order chi connectivity index (χ0) is 20.9. The summed E-state index contributed by atoms with van der Waals surface area (Å²) in [5, 5.41) is 14.6. The fourth-order valence-electron chi connectivity index (χ4n) is 4.01. The van der Waals surface area contributed by atoms with Gasteiger partial charge in [-0.25, -0.2) is 4.39 Å². The summed E-state index contributed by atoms with van der Waals surface area (Å²) in [7, 11) is 0. The number of benzene rings is 3. The predicted molar refractivity (Wildman–Crippen MR) is 106 cm³/mol. The Balaban J connectivity index is 1.66. The van der Waals surface area contributed by atoms with Gasteiger partial charge in [0.2, 0.25) is 0 Å². The highest BCUT2D eigenvalue weighted by atomic mass is 19.1. The van der Waals surface area contributed by atoms with Crippen molar-refractivity contribution in [1.82, 2.24) is 4.90 Å². The summed E-state index contributed by atoms with van der Waals surface area (Å²) < 4.78 is 19.7. The molecule has 2 amide bonds. The van der Waals surface area contributed by atoms with Gasteiger partial charge in [0.15, 0.2) is 12.3 Å². The average Bonchev–Trinajstić information content (AvgIpc) is 2.97. The van der Waals surface area contributed by atoms with E-state index in [4.69, 9.17) is 4.74 Å². The summed E-state index contributed by atoms with van der Waals surface area (Å²) in [5.74, 6) is -0.706. The highest BCUT2D eigenvalue weighted by Gasteiger charge is 2.50. The number of hydrogen-bond acceptors (Lipinski definition) is 4. The molecule has 0 bridgehead atoms. The van der Waals surface area contributed by atoms with E-state index < -0.39 is 17.4 Å². The maximum atomic E-state index is 14.3. The summed E-state index contributed by atoms with van der Waals surface area (Å²) >= 11 is 0. The van der Waals surface area contributed by atoms with Crippen LogP contribution in [0.1, 0.15) is 27.0 Å². The van der Waals surface area contributed by atoms with Gasteiger partial charge in [-0.05, 0) is 24.3 Å². The lowest BCUT2D eigenvalue weighted by molar-refractivity contribution is -0.118. The van der Waals surface area contributed by atoms with Gasteiger partial charge in [-0.2, -0.15) is 0 Å². The van der Waals surface area contributed by atoms with Gasteiger partial charge in [0, 0.05) is 22.3 Å². The van der Waals surface area contributed by atoms with Gasteiger partial charge < -0.3 is 15.2 Å². The standard InChI is InChI=1S/C23H17FN2O4/c24-18-8-4-1-5-14(18)12-26-22(28)16-6-2-3-7-17(16)23(26,29)15-9-10-20-19(11-15)25-21(27)13-30-20/h1-11,29H,12-13H2,(H,25,27). The van der Waals surface area contributed by atoms with E-state index in [1.807, 2.05) is 0 Å². The van der Waals surface area contributed by atoms with Gasteiger partial charge in [-0.15, -0.1) is 0 Å². The molecule has 0 fully saturated rings. The summed E-state index contributed by atoms with van der Waals surface area (Å²) in [4.78, 5) is 26.2. The number of anilines is 1. The minimum atomic E-state index is -1.84. The molecule has 0 saturated heterocycles. The molecule has 6 nitrogen and oxygen atoms in total. The van der Waals surface area contributed by atoms with E-state index in [0.29, 0.717) is 28.1 Å². The van der Waals surface area contributed by atoms with Crippen molar-refractivity contribution in [2.75, 3.05) is 11.9 Å². The Bertz CT molecular complexity index is 1200. The second kappa shape index (κ2) is 6.67. The topological polar surface area (TPSA) is 78.9 Å². The van der Waals surface area contributed by atoms with E-state index >= 15 is 0 Å². The van der Waals surface area contributed by atoms with Crippen LogP contribution < -0.4 is 10.1 Å². The maximum absolute atomic E-state index is 14.3. The Labute approximate surface area is 171 Å². The van der Waals surface area contributed by atoms with Crippen LogP contribution >= 0.6 is 0 Å². The number of fused-ring (bicyclic) bond motifs is 2. The van der Waals surface area contributed by atoms with Gasteiger partial charge in [0.05, 0.1) is 12.2 Å². The molecular weight excluding hydrogens is 387 g/mol. The van der Waals surface area contributed by atoms with Crippen LogP contribution in [0.4, 0.5) is 10.1 Å². The number of ether oxygens (including phenoxy) is 1. The Morgan fingerprint density at radius 2 is 1.83 bits per heavy atom. The van der Waals surface area contributed by atoms with E-state index in [1.165, 1.54) is 11.0 Å². The fraction of sp³-hybridized carbons (Fsp3) is 0.130. The van der Waals surface area contributed by atoms with E-state index in [-0.39, 0.29) is 24.6 Å². The molecule has 3 aromatic rings. The molecule has 3 aromatic carbocycles. The summed E-state index contributed by atoms with van der Waals surface area (Å²) in [6.07, 6.45) is 0. The minimum absolute atomic E-state index is 0.0860. The van der Waals surface area contributed by atoms with Crippen LogP contribution in [0.25, 0.3) is 0 Å². The van der Waals surface area contributed by atoms with Gasteiger partial charge in [-0.1, -0.05) is 42.5 Å². The predicted octanol–water partition coefficient (Wildman–Crippen LogP) is 3.01. The molecular formula is C23H17FN2O4. The smallest absolute Gasteiger partial charge is 0.262 e. The molecule has 7 heteroatoms. The summed E-state index contributed by atoms with van der Waals surface area (Å²) in [6, 6.07) is 17.7. The Morgan fingerprint density at radius 3 is 2.67 bits per heavy atom. The number of aliphatic hydroxyl groups is 1. The number of nitrogens with zero attached hydrogens (tertiary/aromatic N) is 1. The van der Waals surface area contributed by atoms with E-state index in [2.05, 4.69) is 5.32 Å². The molecule has 0 saturated carbocycles. The molecule has 150 valence electrons. The van der Waals surface area contributed by atoms with Crippen LogP contribution in [-0.2, 0) is 17.1 Å². The zero-order valence-corrected chi connectivity index (χ0v) is 15.8. The molecule has 0 spiro atoms. The Kier molecular flexibility index (Phi) is 4.08. The van der Waals surface area contributed by atoms with E-state index in [0.717, 1.165) is 0 Å². The first-order chi connectivity index (χ1) is 14.5. The molecule has 30 heavy (non-hydrogen) atoms. The largest absolute Gasteiger partial charge is 0.482 e. The lowest BCUT2D eigenvalue weighted by atomic mass is 9.93. The number of halogens is 1. The number of amides is 2. The monoisotopic (exact) mass is 404 g/mol. The molecule has 0 radical (unpaired) electrons. The van der Waals surface area contributed by atoms with Crippen LogP contribution in [-0.4, -0.2) is 28.4 Å². The van der Waals surface area contributed by atoms with Crippen LogP contribution in [0.15, 0.2) is 66.7 Å². The summed E-state index contributed by atoms with van der Waals surface area (Å²) in [6.45, 7) is -0.214. The molecule has 5 rings (SSSR count). The second-order valence-corrected chi connectivity index (χ2v) is 7.25. The zero-order valence-electron chi connectivity index (χ0n) is 15.8. The highest BCUT2D eigenvalue weighted by Crippen LogP contribution is 2.45. The lowest BCUT2D eigenvalue weighted by Crippen LogP contribution is -2.44. The van der Waals surface area contributed by atoms with Gasteiger partial charge in [0.25, 0.3) is 11.8 Å². The van der Waals surface area contributed by atoms with Crippen LogP contribution in [0, 0.1) is 5.82 Å². The van der Waals surface area contributed by atoms with E-state index in [9.17, 15) is 19.1 Å². The average molecular weight is 404 g/mol. The van der Waals surface area contributed by atoms with Crippen molar-refractivity contribution in [1.29, 1.82) is 0 Å². The van der Waals surface area contributed by atoms with Crippen molar-refractivity contribution in [2.45, 2.75) is 12.3 Å². The molecule has 2 N–H and O–H groups in total. The molecule has 0 aromatic heterocycles. The normalized spacial score (nSPS) is 19.7.